The molecule has 104 valence electrons. The molecule has 0 saturated heterocycles. The molecule has 6 nitrogen and oxygen atoms in total. The quantitative estimate of drug-likeness (QED) is 0.624. The lowest BCUT2D eigenvalue weighted by atomic mass is 10.2. The summed E-state index contributed by atoms with van der Waals surface area (Å²) in [5.74, 6) is -1.63. The molecule has 6 heteroatoms. The maximum absolute atomic E-state index is 12.2. The van der Waals surface area contributed by atoms with E-state index in [1.54, 1.807) is 34.9 Å². The van der Waals surface area contributed by atoms with Crippen molar-refractivity contribution in [2.75, 3.05) is 13.7 Å². The minimum atomic E-state index is -0.611. The maximum Gasteiger partial charge on any atom is 0.340 e. The fourth-order valence-corrected chi connectivity index (χ4v) is 1.91. The molecule has 2 aromatic heterocycles. The molecular formula is C14H13NO5. The van der Waals surface area contributed by atoms with Gasteiger partial charge in [0.05, 0.1) is 12.7 Å². The molecule has 0 saturated carbocycles. The first kappa shape index (κ1) is 13.8. The highest BCUT2D eigenvalue weighted by Gasteiger charge is 2.23. The van der Waals surface area contributed by atoms with Crippen molar-refractivity contribution in [2.45, 2.75) is 6.92 Å². The first-order valence-corrected chi connectivity index (χ1v) is 5.89. The summed E-state index contributed by atoms with van der Waals surface area (Å²) in [7, 11) is 1.24. The van der Waals surface area contributed by atoms with Gasteiger partial charge >= 0.3 is 11.9 Å². The number of hydrogen-bond acceptors (Lipinski definition) is 5. The molecule has 0 radical (unpaired) electrons. The highest BCUT2D eigenvalue weighted by molar-refractivity contribution is 6.07. The highest BCUT2D eigenvalue weighted by Crippen LogP contribution is 2.18. The van der Waals surface area contributed by atoms with Crippen LogP contribution >= 0.6 is 0 Å². The van der Waals surface area contributed by atoms with Gasteiger partial charge in [-0.15, -0.1) is 0 Å². The standard InChI is InChI=1S/C14H13NO5/c1-9(16)20-8-12(17)13-11(14(18)19-2)7-10-5-3-4-6-15(10)13/h3-7H,8H2,1-2H3. The number of ketones is 1. The van der Waals surface area contributed by atoms with Crippen LogP contribution in [0.2, 0.25) is 0 Å². The molecule has 0 aliphatic carbocycles. The van der Waals surface area contributed by atoms with E-state index in [-0.39, 0.29) is 11.3 Å². The van der Waals surface area contributed by atoms with E-state index < -0.39 is 24.3 Å². The van der Waals surface area contributed by atoms with E-state index in [0.717, 1.165) is 0 Å². The van der Waals surface area contributed by atoms with Gasteiger partial charge in [-0.3, -0.25) is 9.59 Å². The summed E-state index contributed by atoms with van der Waals surface area (Å²) in [6.07, 6.45) is 1.66. The number of aromatic nitrogens is 1. The molecule has 2 aromatic rings. The van der Waals surface area contributed by atoms with Gasteiger partial charge in [0, 0.05) is 18.6 Å². The SMILES string of the molecule is COC(=O)c1cc2ccccn2c1C(=O)COC(C)=O. The van der Waals surface area contributed by atoms with Crippen molar-refractivity contribution < 1.29 is 23.9 Å². The van der Waals surface area contributed by atoms with E-state index >= 15 is 0 Å². The summed E-state index contributed by atoms with van der Waals surface area (Å²) >= 11 is 0. The molecular weight excluding hydrogens is 262 g/mol. The molecule has 2 heterocycles. The third-order valence-corrected chi connectivity index (χ3v) is 2.76. The Kier molecular flexibility index (Phi) is 3.84. The van der Waals surface area contributed by atoms with Gasteiger partial charge in [-0.1, -0.05) is 6.07 Å². The lowest BCUT2D eigenvalue weighted by Crippen LogP contribution is -2.17. The average Bonchev–Trinajstić information content (AvgIpc) is 2.83. The Morgan fingerprint density at radius 3 is 2.65 bits per heavy atom. The molecule has 0 aliphatic heterocycles. The number of Topliss-reactive ketones (excluding diaryl/α,β-unsaturated/α-hetero) is 1. The number of methoxy groups -OCH3 is 1. The predicted molar refractivity (Wildman–Crippen MR) is 69.7 cm³/mol. The van der Waals surface area contributed by atoms with Gasteiger partial charge in [-0.05, 0) is 18.2 Å². The second-order valence-electron chi connectivity index (χ2n) is 4.10. The van der Waals surface area contributed by atoms with Gasteiger partial charge in [0.1, 0.15) is 5.69 Å². The first-order chi connectivity index (χ1) is 9.54. The van der Waals surface area contributed by atoms with Crippen LogP contribution in [-0.4, -0.2) is 35.8 Å². The van der Waals surface area contributed by atoms with E-state index in [0.29, 0.717) is 5.52 Å². The Bertz CT molecular complexity index is 686. The number of rotatable bonds is 4. The van der Waals surface area contributed by atoms with E-state index in [1.807, 2.05) is 0 Å². The van der Waals surface area contributed by atoms with E-state index in [1.165, 1.54) is 14.0 Å². The second kappa shape index (κ2) is 5.56. The van der Waals surface area contributed by atoms with Crippen LogP contribution in [0.5, 0.6) is 0 Å². The van der Waals surface area contributed by atoms with Crippen molar-refractivity contribution in [3.8, 4) is 0 Å². The smallest absolute Gasteiger partial charge is 0.340 e. The van der Waals surface area contributed by atoms with Gasteiger partial charge in [0.15, 0.2) is 6.61 Å². The topological polar surface area (TPSA) is 74.1 Å². The number of hydrogen-bond donors (Lipinski definition) is 0. The van der Waals surface area contributed by atoms with Crippen molar-refractivity contribution >= 4 is 23.2 Å². The fourth-order valence-electron chi connectivity index (χ4n) is 1.91. The largest absolute Gasteiger partial charge is 0.465 e. The maximum atomic E-state index is 12.2. The Labute approximate surface area is 114 Å². The lowest BCUT2D eigenvalue weighted by molar-refractivity contribution is -0.139. The van der Waals surface area contributed by atoms with Crippen LogP contribution in [0, 0.1) is 0 Å². The van der Waals surface area contributed by atoms with Crippen molar-refractivity contribution in [1.82, 2.24) is 4.40 Å². The Morgan fingerprint density at radius 1 is 1.25 bits per heavy atom. The molecule has 0 unspecified atom stereocenters. The zero-order valence-corrected chi connectivity index (χ0v) is 11.1. The van der Waals surface area contributed by atoms with E-state index in [9.17, 15) is 14.4 Å². The van der Waals surface area contributed by atoms with Gasteiger partial charge < -0.3 is 13.9 Å². The monoisotopic (exact) mass is 275 g/mol. The summed E-state index contributed by atoms with van der Waals surface area (Å²) in [4.78, 5) is 34.7. The Balaban J connectivity index is 2.50. The van der Waals surface area contributed by atoms with Crippen LogP contribution in [0.1, 0.15) is 27.8 Å². The summed E-state index contributed by atoms with van der Waals surface area (Å²) in [5, 5.41) is 0. The number of pyridine rings is 1. The molecule has 0 aromatic carbocycles. The number of fused-ring (bicyclic) bond motifs is 1. The van der Waals surface area contributed by atoms with Crippen molar-refractivity contribution in [3.63, 3.8) is 0 Å². The number of esters is 2. The minimum absolute atomic E-state index is 0.147. The number of carbonyl (C=O) groups is 3. The number of ether oxygens (including phenoxy) is 2. The van der Waals surface area contributed by atoms with Crippen LogP contribution in [-0.2, 0) is 14.3 Å². The molecule has 0 aliphatic rings. The number of nitrogens with zero attached hydrogens (tertiary/aromatic N) is 1. The van der Waals surface area contributed by atoms with Crippen LogP contribution in [0.3, 0.4) is 0 Å². The Morgan fingerprint density at radius 2 is 2.00 bits per heavy atom. The fraction of sp³-hybridized carbons (Fsp3) is 0.214. The zero-order valence-electron chi connectivity index (χ0n) is 11.1. The summed E-state index contributed by atoms with van der Waals surface area (Å²) in [6.45, 7) is 0.797. The van der Waals surface area contributed by atoms with Gasteiger partial charge in [-0.2, -0.15) is 0 Å². The van der Waals surface area contributed by atoms with Crippen molar-refractivity contribution in [2.24, 2.45) is 0 Å². The van der Waals surface area contributed by atoms with Gasteiger partial charge in [-0.25, -0.2) is 4.79 Å². The third kappa shape index (κ3) is 2.54. The lowest BCUT2D eigenvalue weighted by Gasteiger charge is -2.05. The molecule has 0 atom stereocenters. The minimum Gasteiger partial charge on any atom is -0.465 e. The summed E-state index contributed by atoms with van der Waals surface area (Å²) in [6, 6.07) is 6.84. The highest BCUT2D eigenvalue weighted by atomic mass is 16.5. The predicted octanol–water partition coefficient (Wildman–Crippen LogP) is 1.47. The van der Waals surface area contributed by atoms with Crippen molar-refractivity contribution in [1.29, 1.82) is 0 Å². The zero-order chi connectivity index (χ0) is 14.7. The molecule has 20 heavy (non-hydrogen) atoms. The number of carbonyl (C=O) groups excluding carboxylic acids is 3. The summed E-state index contributed by atoms with van der Waals surface area (Å²) in [5.41, 5.74) is 0.976. The van der Waals surface area contributed by atoms with Crippen LogP contribution in [0.25, 0.3) is 5.52 Å². The van der Waals surface area contributed by atoms with Crippen LogP contribution < -0.4 is 0 Å². The Hall–Kier alpha value is -2.63. The molecule has 0 amide bonds. The van der Waals surface area contributed by atoms with Gasteiger partial charge in [0.2, 0.25) is 5.78 Å². The third-order valence-electron chi connectivity index (χ3n) is 2.76. The molecule has 2 rings (SSSR count). The van der Waals surface area contributed by atoms with Crippen LogP contribution in [0.15, 0.2) is 30.5 Å². The first-order valence-electron chi connectivity index (χ1n) is 5.89. The molecule has 0 spiro atoms. The molecule has 0 bridgehead atoms. The second-order valence-corrected chi connectivity index (χ2v) is 4.10. The van der Waals surface area contributed by atoms with E-state index in [2.05, 4.69) is 4.74 Å². The molecule has 0 N–H and O–H groups in total. The van der Waals surface area contributed by atoms with Gasteiger partial charge in [0.25, 0.3) is 0 Å². The average molecular weight is 275 g/mol. The molecule has 0 fully saturated rings. The van der Waals surface area contributed by atoms with E-state index in [4.69, 9.17) is 4.74 Å². The normalized spacial score (nSPS) is 10.3. The van der Waals surface area contributed by atoms with Crippen molar-refractivity contribution in [3.05, 3.63) is 41.7 Å². The summed E-state index contributed by atoms with van der Waals surface area (Å²) < 4.78 is 10.9. The van der Waals surface area contributed by atoms with Crippen LogP contribution in [0.4, 0.5) is 0 Å².